The number of hydrogen-bond acceptors (Lipinski definition) is 8. The van der Waals surface area contributed by atoms with Gasteiger partial charge in [0, 0.05) is 37.2 Å². The average molecular weight is 554 g/mol. The number of morpholine rings is 1. The van der Waals surface area contributed by atoms with Crippen molar-refractivity contribution in [1.82, 2.24) is 24.5 Å². The van der Waals surface area contributed by atoms with Crippen LogP contribution in [0.2, 0.25) is 5.02 Å². The third kappa shape index (κ3) is 5.33. The highest BCUT2D eigenvalue weighted by Gasteiger charge is 2.21. The molecular formula is C26H22ClF2N7O3. The van der Waals surface area contributed by atoms with Gasteiger partial charge >= 0.3 is 0 Å². The normalized spacial score (nSPS) is 13.4. The van der Waals surface area contributed by atoms with Crippen LogP contribution in [0.25, 0.3) is 17.1 Å². The zero-order valence-electron chi connectivity index (χ0n) is 20.9. The van der Waals surface area contributed by atoms with Crippen molar-refractivity contribution in [3.05, 3.63) is 86.7 Å². The maximum atomic E-state index is 14.0. The largest absolute Gasteiger partial charge is 0.378 e. The molecule has 0 aliphatic carbocycles. The first-order chi connectivity index (χ1) is 18.7. The molecule has 39 heavy (non-hydrogen) atoms. The minimum absolute atomic E-state index is 0.182. The third-order valence-electron chi connectivity index (χ3n) is 6.13. The van der Waals surface area contributed by atoms with Crippen molar-refractivity contribution in [3.63, 3.8) is 0 Å². The molecule has 1 fully saturated rings. The van der Waals surface area contributed by atoms with Crippen LogP contribution in [-0.2, 0) is 4.74 Å². The Balaban J connectivity index is 1.50. The topological polar surface area (TPSA) is 115 Å². The monoisotopic (exact) mass is 553 g/mol. The summed E-state index contributed by atoms with van der Waals surface area (Å²) in [5.41, 5.74) is 1.79. The Morgan fingerprint density at radius 3 is 2.56 bits per heavy atom. The molecule has 0 spiro atoms. The van der Waals surface area contributed by atoms with E-state index in [1.165, 1.54) is 10.6 Å². The number of hydrogen-bond donors (Lipinski definition) is 1. The van der Waals surface area contributed by atoms with Crippen LogP contribution in [0.4, 0.5) is 20.5 Å². The van der Waals surface area contributed by atoms with Gasteiger partial charge in [-0.3, -0.25) is 19.1 Å². The van der Waals surface area contributed by atoms with Crippen molar-refractivity contribution >= 4 is 29.3 Å². The number of carbonyl (C=O) groups excluding carboxylic acids is 1. The summed E-state index contributed by atoms with van der Waals surface area (Å²) in [5.74, 6) is -2.76. The second-order valence-corrected chi connectivity index (χ2v) is 9.17. The summed E-state index contributed by atoms with van der Waals surface area (Å²) in [4.78, 5) is 45.3. The minimum Gasteiger partial charge on any atom is -0.378 e. The molecular weight excluding hydrogens is 532 g/mol. The summed E-state index contributed by atoms with van der Waals surface area (Å²) in [7, 11) is 0. The molecule has 1 aliphatic heterocycles. The molecule has 200 valence electrons. The van der Waals surface area contributed by atoms with Crippen LogP contribution < -0.4 is 15.8 Å². The van der Waals surface area contributed by atoms with E-state index < -0.39 is 28.9 Å². The number of rotatable bonds is 5. The van der Waals surface area contributed by atoms with Gasteiger partial charge in [-0.15, -0.1) is 0 Å². The van der Waals surface area contributed by atoms with Crippen LogP contribution in [-0.4, -0.2) is 56.7 Å². The first kappa shape index (κ1) is 26.3. The van der Waals surface area contributed by atoms with Gasteiger partial charge < -0.3 is 15.0 Å². The van der Waals surface area contributed by atoms with Gasteiger partial charge in [0.15, 0.2) is 11.6 Å². The quantitative estimate of drug-likeness (QED) is 0.398. The highest BCUT2D eigenvalue weighted by Crippen LogP contribution is 2.25. The van der Waals surface area contributed by atoms with E-state index in [9.17, 15) is 18.4 Å². The van der Waals surface area contributed by atoms with Crippen molar-refractivity contribution in [1.29, 1.82) is 0 Å². The smallest absolute Gasteiger partial charge is 0.274 e. The Labute approximate surface area is 226 Å². The molecule has 0 saturated carbocycles. The van der Waals surface area contributed by atoms with Gasteiger partial charge in [-0.25, -0.2) is 23.7 Å². The number of aryl methyl sites for hydroxylation is 2. The number of nitrogens with zero attached hydrogens (tertiary/aromatic N) is 6. The van der Waals surface area contributed by atoms with E-state index in [0.29, 0.717) is 66.7 Å². The lowest BCUT2D eigenvalue weighted by Crippen LogP contribution is -2.37. The van der Waals surface area contributed by atoms with E-state index in [4.69, 9.17) is 16.3 Å². The number of halogens is 3. The number of amides is 1. The van der Waals surface area contributed by atoms with E-state index in [1.54, 1.807) is 38.4 Å². The summed E-state index contributed by atoms with van der Waals surface area (Å²) in [6.45, 7) is 5.94. The lowest BCUT2D eigenvalue weighted by atomic mass is 10.1. The molecule has 0 radical (unpaired) electrons. The number of carbonyl (C=O) groups is 1. The second-order valence-electron chi connectivity index (χ2n) is 8.79. The molecule has 5 heterocycles. The summed E-state index contributed by atoms with van der Waals surface area (Å²) in [6.07, 6.45) is 4.02. The zero-order chi connectivity index (χ0) is 27.7. The Kier molecular flexibility index (Phi) is 7.31. The highest BCUT2D eigenvalue weighted by atomic mass is 35.5. The molecule has 0 aromatic carbocycles. The number of ether oxygens (including phenoxy) is 1. The molecule has 1 N–H and O–H groups in total. The van der Waals surface area contributed by atoms with Crippen LogP contribution in [0.3, 0.4) is 0 Å². The lowest BCUT2D eigenvalue weighted by molar-refractivity contribution is 0.102. The standard InChI is InChI=1S/C26H22ClF2N7O3/c1-14-12-31-20(19-3-4-30-26(33-19)35-5-7-39-8-6-35)11-21(14)36-15(2)9-17(22(27)25(36)38)24(37)34-23-18(29)10-16(28)13-32-23/h3-4,9-13H,5-8H2,1-2H3,(H,32,34,37). The zero-order valence-corrected chi connectivity index (χ0v) is 21.7. The van der Waals surface area contributed by atoms with E-state index >= 15 is 0 Å². The van der Waals surface area contributed by atoms with E-state index in [0.717, 1.165) is 6.20 Å². The molecule has 1 aliphatic rings. The Morgan fingerprint density at radius 1 is 1.05 bits per heavy atom. The van der Waals surface area contributed by atoms with Crippen LogP contribution in [0.1, 0.15) is 21.6 Å². The van der Waals surface area contributed by atoms with Gasteiger partial charge in [0.1, 0.15) is 10.8 Å². The molecule has 1 saturated heterocycles. The fourth-order valence-electron chi connectivity index (χ4n) is 4.16. The van der Waals surface area contributed by atoms with Crippen molar-refractivity contribution < 1.29 is 18.3 Å². The average Bonchev–Trinajstić information content (AvgIpc) is 2.94. The predicted molar refractivity (Wildman–Crippen MR) is 140 cm³/mol. The first-order valence-electron chi connectivity index (χ1n) is 11.9. The van der Waals surface area contributed by atoms with E-state index in [-0.39, 0.29) is 10.6 Å². The number of pyridine rings is 3. The fraction of sp³-hybridized carbons (Fsp3) is 0.231. The molecule has 0 unspecified atom stereocenters. The van der Waals surface area contributed by atoms with Gasteiger partial charge in [0.05, 0.1) is 42.0 Å². The minimum atomic E-state index is -1.06. The summed E-state index contributed by atoms with van der Waals surface area (Å²) < 4.78 is 33.9. The molecule has 1 amide bonds. The molecule has 4 aromatic rings. The maximum Gasteiger partial charge on any atom is 0.274 e. The van der Waals surface area contributed by atoms with Crippen LogP contribution in [0.15, 0.2) is 47.7 Å². The van der Waals surface area contributed by atoms with Crippen molar-refractivity contribution in [2.75, 3.05) is 36.5 Å². The maximum absolute atomic E-state index is 14.0. The van der Waals surface area contributed by atoms with Crippen molar-refractivity contribution in [3.8, 4) is 17.1 Å². The van der Waals surface area contributed by atoms with Gasteiger partial charge in [0.25, 0.3) is 11.5 Å². The Hall–Kier alpha value is -4.29. The van der Waals surface area contributed by atoms with Crippen LogP contribution in [0, 0.1) is 25.5 Å². The lowest BCUT2D eigenvalue weighted by Gasteiger charge is -2.26. The first-order valence-corrected chi connectivity index (χ1v) is 12.3. The Morgan fingerprint density at radius 2 is 1.82 bits per heavy atom. The van der Waals surface area contributed by atoms with E-state index in [2.05, 4.69) is 25.3 Å². The molecule has 0 atom stereocenters. The Bertz CT molecular complexity index is 1640. The predicted octanol–water partition coefficient (Wildman–Crippen LogP) is 3.72. The number of nitrogens with one attached hydrogen (secondary N) is 1. The van der Waals surface area contributed by atoms with Crippen LogP contribution in [0.5, 0.6) is 0 Å². The van der Waals surface area contributed by atoms with Gasteiger partial charge in [-0.2, -0.15) is 0 Å². The number of anilines is 2. The van der Waals surface area contributed by atoms with Crippen molar-refractivity contribution in [2.45, 2.75) is 13.8 Å². The van der Waals surface area contributed by atoms with Gasteiger partial charge in [0.2, 0.25) is 5.95 Å². The third-order valence-corrected chi connectivity index (χ3v) is 6.50. The van der Waals surface area contributed by atoms with E-state index in [1.807, 2.05) is 4.90 Å². The molecule has 5 rings (SSSR count). The highest BCUT2D eigenvalue weighted by molar-refractivity contribution is 6.34. The fourth-order valence-corrected chi connectivity index (χ4v) is 4.38. The summed E-state index contributed by atoms with van der Waals surface area (Å²) in [6, 6.07) is 5.42. The molecule has 0 bridgehead atoms. The van der Waals surface area contributed by atoms with Crippen molar-refractivity contribution in [2.24, 2.45) is 0 Å². The van der Waals surface area contributed by atoms with Crippen LogP contribution >= 0.6 is 11.6 Å². The second kappa shape index (κ2) is 10.8. The molecule has 13 heteroatoms. The molecule has 4 aromatic heterocycles. The molecule has 10 nitrogen and oxygen atoms in total. The number of aromatic nitrogens is 5. The summed E-state index contributed by atoms with van der Waals surface area (Å²) in [5, 5.41) is 1.84. The summed E-state index contributed by atoms with van der Waals surface area (Å²) >= 11 is 6.34. The van der Waals surface area contributed by atoms with Gasteiger partial charge in [-0.1, -0.05) is 11.6 Å². The SMILES string of the molecule is Cc1cnc(-c2ccnc(N3CCOCC3)n2)cc1-n1c(C)cc(C(=O)Nc2ncc(F)cc2F)c(Cl)c1=O. The van der Waals surface area contributed by atoms with Gasteiger partial charge in [-0.05, 0) is 37.6 Å².